The van der Waals surface area contributed by atoms with Gasteiger partial charge in [0.1, 0.15) is 5.82 Å². The molecule has 3 rings (SSSR count). The van der Waals surface area contributed by atoms with E-state index in [0.29, 0.717) is 12.6 Å². The Bertz CT molecular complexity index is 687. The average molecular weight is 343 g/mol. The van der Waals surface area contributed by atoms with Crippen molar-refractivity contribution in [3.8, 4) is 0 Å². The van der Waals surface area contributed by atoms with Crippen LogP contribution < -0.4 is 10.2 Å². The molecule has 1 aliphatic heterocycles. The number of anilines is 1. The molecular formula is C19H29N5O. The summed E-state index contributed by atoms with van der Waals surface area (Å²) in [4.78, 5) is 6.91. The first-order valence-corrected chi connectivity index (χ1v) is 9.13. The quantitative estimate of drug-likeness (QED) is 0.839. The first-order chi connectivity index (χ1) is 12.1. The predicted molar refractivity (Wildman–Crippen MR) is 99.8 cm³/mol. The van der Waals surface area contributed by atoms with E-state index in [4.69, 9.17) is 5.11 Å². The van der Waals surface area contributed by atoms with Crippen molar-refractivity contribution in [2.24, 2.45) is 0 Å². The van der Waals surface area contributed by atoms with Gasteiger partial charge in [0.2, 0.25) is 0 Å². The molecule has 1 aliphatic rings. The van der Waals surface area contributed by atoms with Gasteiger partial charge in [-0.15, -0.1) is 0 Å². The molecule has 6 heteroatoms. The second-order valence-electron chi connectivity index (χ2n) is 6.93. The zero-order valence-electron chi connectivity index (χ0n) is 15.5. The van der Waals surface area contributed by atoms with E-state index in [9.17, 15) is 0 Å². The second kappa shape index (κ2) is 7.97. The summed E-state index contributed by atoms with van der Waals surface area (Å²) in [6.07, 6.45) is 4.19. The Morgan fingerprint density at radius 2 is 1.96 bits per heavy atom. The van der Waals surface area contributed by atoms with Gasteiger partial charge >= 0.3 is 0 Å². The van der Waals surface area contributed by atoms with Crippen LogP contribution in [0.4, 0.5) is 5.82 Å². The van der Waals surface area contributed by atoms with Crippen molar-refractivity contribution in [2.75, 3.05) is 24.6 Å². The van der Waals surface area contributed by atoms with E-state index in [1.807, 2.05) is 17.8 Å². The topological polar surface area (TPSA) is 66.2 Å². The number of hydrogen-bond acceptors (Lipinski definition) is 5. The first kappa shape index (κ1) is 17.9. The summed E-state index contributed by atoms with van der Waals surface area (Å²) in [6.45, 7) is 9.80. The van der Waals surface area contributed by atoms with Gasteiger partial charge in [-0.2, -0.15) is 5.10 Å². The molecule has 2 aromatic rings. The molecule has 0 aliphatic carbocycles. The van der Waals surface area contributed by atoms with Crippen LogP contribution >= 0.6 is 0 Å². The number of aromatic nitrogens is 3. The molecule has 0 saturated carbocycles. The maximum atomic E-state index is 9.13. The Kier molecular flexibility index (Phi) is 5.71. The first-order valence-electron chi connectivity index (χ1n) is 9.13. The molecule has 0 amide bonds. The van der Waals surface area contributed by atoms with Crippen molar-refractivity contribution >= 4 is 5.82 Å². The van der Waals surface area contributed by atoms with Crippen molar-refractivity contribution in [1.29, 1.82) is 0 Å². The molecule has 6 nitrogen and oxygen atoms in total. The summed E-state index contributed by atoms with van der Waals surface area (Å²) in [7, 11) is 0. The number of aryl methyl sites for hydroxylation is 2. The molecular weight excluding hydrogens is 314 g/mol. The summed E-state index contributed by atoms with van der Waals surface area (Å²) < 4.78 is 1.90. The Balaban J connectivity index is 1.52. The van der Waals surface area contributed by atoms with Gasteiger partial charge in [-0.1, -0.05) is 6.07 Å². The lowest BCUT2D eigenvalue weighted by Gasteiger charge is -2.33. The van der Waals surface area contributed by atoms with Gasteiger partial charge in [-0.3, -0.25) is 4.68 Å². The highest BCUT2D eigenvalue weighted by molar-refractivity contribution is 5.39. The highest BCUT2D eigenvalue weighted by Gasteiger charge is 2.20. The molecule has 0 spiro atoms. The molecule has 0 bridgehead atoms. The average Bonchev–Trinajstić information content (AvgIpc) is 2.88. The normalized spacial score (nSPS) is 15.8. The van der Waals surface area contributed by atoms with Gasteiger partial charge < -0.3 is 15.3 Å². The standard InChI is InChI=1S/C19H29N5O/c1-14-4-5-19(21-12-14)23-8-6-17(7-9-23)20-13-18-15(2)22-24(10-11-25)16(18)3/h4-5,12,17,20,25H,6-11,13H2,1-3H3. The zero-order valence-corrected chi connectivity index (χ0v) is 15.5. The number of aliphatic hydroxyl groups is 1. The van der Waals surface area contributed by atoms with Crippen molar-refractivity contribution < 1.29 is 5.11 Å². The Labute approximate surface area is 149 Å². The summed E-state index contributed by atoms with van der Waals surface area (Å²) >= 11 is 0. The number of nitrogens with zero attached hydrogens (tertiary/aromatic N) is 4. The third-order valence-electron chi connectivity index (χ3n) is 5.13. The fourth-order valence-electron chi connectivity index (χ4n) is 3.51. The number of nitrogens with one attached hydrogen (secondary N) is 1. The van der Waals surface area contributed by atoms with E-state index in [1.165, 1.54) is 11.1 Å². The minimum Gasteiger partial charge on any atom is -0.394 e. The predicted octanol–water partition coefficient (Wildman–Crippen LogP) is 1.95. The molecule has 2 aromatic heterocycles. The smallest absolute Gasteiger partial charge is 0.128 e. The van der Waals surface area contributed by atoms with Crippen LogP contribution in [0.3, 0.4) is 0 Å². The summed E-state index contributed by atoms with van der Waals surface area (Å²) in [5.41, 5.74) is 4.67. The highest BCUT2D eigenvalue weighted by Crippen LogP contribution is 2.19. The zero-order chi connectivity index (χ0) is 17.8. The minimum absolute atomic E-state index is 0.125. The van der Waals surface area contributed by atoms with Crippen LogP contribution in [-0.2, 0) is 13.1 Å². The Hall–Kier alpha value is -1.92. The lowest BCUT2D eigenvalue weighted by Crippen LogP contribution is -2.42. The number of pyridine rings is 1. The van der Waals surface area contributed by atoms with Crippen molar-refractivity contribution in [3.63, 3.8) is 0 Å². The molecule has 0 unspecified atom stereocenters. The van der Waals surface area contributed by atoms with Gasteiger partial charge in [-0.25, -0.2) is 4.98 Å². The highest BCUT2D eigenvalue weighted by atomic mass is 16.3. The maximum Gasteiger partial charge on any atom is 0.128 e. The molecule has 1 saturated heterocycles. The van der Waals surface area contributed by atoms with Gasteiger partial charge in [0.05, 0.1) is 18.8 Å². The monoisotopic (exact) mass is 343 g/mol. The Morgan fingerprint density at radius 1 is 1.20 bits per heavy atom. The van der Waals surface area contributed by atoms with E-state index < -0.39 is 0 Å². The molecule has 1 fully saturated rings. The van der Waals surface area contributed by atoms with Gasteiger partial charge in [0.25, 0.3) is 0 Å². The lowest BCUT2D eigenvalue weighted by molar-refractivity contribution is 0.267. The van der Waals surface area contributed by atoms with Gasteiger partial charge in [-0.05, 0) is 45.2 Å². The number of piperidine rings is 1. The largest absolute Gasteiger partial charge is 0.394 e. The van der Waals surface area contributed by atoms with Gasteiger partial charge in [0.15, 0.2) is 0 Å². The second-order valence-corrected chi connectivity index (χ2v) is 6.93. The van der Waals surface area contributed by atoms with E-state index in [-0.39, 0.29) is 6.61 Å². The molecule has 3 heterocycles. The molecule has 0 radical (unpaired) electrons. The van der Waals surface area contributed by atoms with Crippen LogP contribution in [0.25, 0.3) is 0 Å². The van der Waals surface area contributed by atoms with Crippen LogP contribution in [0.15, 0.2) is 18.3 Å². The minimum atomic E-state index is 0.125. The lowest BCUT2D eigenvalue weighted by atomic mass is 10.0. The molecule has 2 N–H and O–H groups in total. The van der Waals surface area contributed by atoms with E-state index in [2.05, 4.69) is 46.3 Å². The molecule has 0 aromatic carbocycles. The van der Waals surface area contributed by atoms with Crippen LogP contribution in [0, 0.1) is 20.8 Å². The van der Waals surface area contributed by atoms with E-state index in [1.54, 1.807) is 0 Å². The SMILES string of the molecule is Cc1ccc(N2CCC(NCc3c(C)nn(CCO)c3C)CC2)nc1. The summed E-state index contributed by atoms with van der Waals surface area (Å²) in [6, 6.07) is 4.77. The number of hydrogen-bond donors (Lipinski definition) is 2. The van der Waals surface area contributed by atoms with Gasteiger partial charge in [0, 0.05) is 43.1 Å². The molecule has 25 heavy (non-hydrogen) atoms. The van der Waals surface area contributed by atoms with Crippen LogP contribution in [-0.4, -0.2) is 45.6 Å². The summed E-state index contributed by atoms with van der Waals surface area (Å²) in [5.74, 6) is 1.08. The third kappa shape index (κ3) is 4.19. The van der Waals surface area contributed by atoms with Crippen molar-refractivity contribution in [3.05, 3.63) is 40.8 Å². The fourth-order valence-corrected chi connectivity index (χ4v) is 3.51. The number of aliphatic hydroxyl groups excluding tert-OH is 1. The third-order valence-corrected chi connectivity index (χ3v) is 5.13. The van der Waals surface area contributed by atoms with E-state index >= 15 is 0 Å². The van der Waals surface area contributed by atoms with Crippen molar-refractivity contribution in [1.82, 2.24) is 20.1 Å². The van der Waals surface area contributed by atoms with Crippen LogP contribution in [0.2, 0.25) is 0 Å². The molecule has 0 atom stereocenters. The van der Waals surface area contributed by atoms with Crippen LogP contribution in [0.1, 0.15) is 35.4 Å². The number of rotatable bonds is 6. The molecule has 136 valence electrons. The van der Waals surface area contributed by atoms with Crippen LogP contribution in [0.5, 0.6) is 0 Å². The Morgan fingerprint density at radius 3 is 2.60 bits per heavy atom. The fraction of sp³-hybridized carbons (Fsp3) is 0.579. The summed E-state index contributed by atoms with van der Waals surface area (Å²) in [5, 5.41) is 17.3. The van der Waals surface area contributed by atoms with E-state index in [0.717, 1.165) is 49.7 Å². The van der Waals surface area contributed by atoms with Crippen molar-refractivity contribution in [2.45, 2.75) is 52.7 Å². The maximum absolute atomic E-state index is 9.13.